The molecule has 0 radical (unpaired) electrons. The van der Waals surface area contributed by atoms with Gasteiger partial charge in [0.15, 0.2) is 0 Å². The molecule has 0 bridgehead atoms. The van der Waals surface area contributed by atoms with Crippen LogP contribution in [0.25, 0.3) is 10.4 Å². The van der Waals surface area contributed by atoms with Crippen molar-refractivity contribution in [2.24, 2.45) is 16.4 Å². The Kier molecular flexibility index (Phi) is 6.27. The van der Waals surface area contributed by atoms with Crippen LogP contribution in [0, 0.1) is 11.3 Å². The van der Waals surface area contributed by atoms with Gasteiger partial charge in [-0.15, -0.1) is 0 Å². The van der Waals surface area contributed by atoms with Crippen molar-refractivity contribution in [3.8, 4) is 0 Å². The Morgan fingerprint density at radius 2 is 2.09 bits per heavy atom. The summed E-state index contributed by atoms with van der Waals surface area (Å²) in [5, 5.41) is 6.29. The minimum atomic E-state index is -0.534. The predicted octanol–water partition coefficient (Wildman–Crippen LogP) is 2.70. The van der Waals surface area contributed by atoms with E-state index in [2.05, 4.69) is 15.3 Å². The molecule has 23 heavy (non-hydrogen) atoms. The quantitative estimate of drug-likeness (QED) is 0.461. The maximum Gasteiger partial charge on any atom is 0.407 e. The fourth-order valence-electron chi connectivity index (χ4n) is 2.48. The fourth-order valence-corrected chi connectivity index (χ4v) is 2.48. The highest BCUT2D eigenvalue weighted by atomic mass is 16.6. The second kappa shape index (κ2) is 7.55. The van der Waals surface area contributed by atoms with E-state index in [4.69, 9.17) is 10.3 Å². The first-order chi connectivity index (χ1) is 10.5. The van der Waals surface area contributed by atoms with Gasteiger partial charge in [-0.25, -0.2) is 4.79 Å². The number of hydrogen-bond acceptors (Lipinski definition) is 4. The zero-order valence-corrected chi connectivity index (χ0v) is 14.6. The fraction of sp³-hybridized carbons (Fsp3) is 0.867. The van der Waals surface area contributed by atoms with Gasteiger partial charge < -0.3 is 15.0 Å². The molecule has 0 saturated carbocycles. The summed E-state index contributed by atoms with van der Waals surface area (Å²) in [7, 11) is 0. The molecule has 1 rings (SSSR count). The van der Waals surface area contributed by atoms with Gasteiger partial charge in [0.05, 0.1) is 0 Å². The van der Waals surface area contributed by atoms with Crippen molar-refractivity contribution >= 4 is 12.0 Å². The van der Waals surface area contributed by atoms with Gasteiger partial charge in [0, 0.05) is 37.5 Å². The van der Waals surface area contributed by atoms with Gasteiger partial charge in [-0.1, -0.05) is 19.0 Å². The number of alkyl carbamates (subject to hydrolysis) is 1. The zero-order chi connectivity index (χ0) is 17.7. The zero-order valence-electron chi connectivity index (χ0n) is 14.6. The first-order valence-corrected chi connectivity index (χ1v) is 7.78. The summed E-state index contributed by atoms with van der Waals surface area (Å²) in [6, 6.07) is 0. The number of nitrogens with zero attached hydrogens (tertiary/aromatic N) is 4. The normalized spacial score (nSPS) is 18.6. The van der Waals surface area contributed by atoms with Gasteiger partial charge in [0.25, 0.3) is 0 Å². The number of ether oxygens (including phenoxy) is 1. The predicted molar refractivity (Wildman–Crippen MR) is 86.7 cm³/mol. The summed E-state index contributed by atoms with van der Waals surface area (Å²) in [6.45, 7) is 11.3. The lowest BCUT2D eigenvalue weighted by Crippen LogP contribution is -2.44. The van der Waals surface area contributed by atoms with E-state index in [0.717, 1.165) is 0 Å². The second-order valence-corrected chi connectivity index (χ2v) is 7.78. The topological polar surface area (TPSA) is 107 Å². The number of amides is 2. The Balaban J connectivity index is 2.47. The smallest absolute Gasteiger partial charge is 0.407 e. The molecule has 0 aromatic rings. The number of hydrogen-bond donors (Lipinski definition) is 1. The largest absolute Gasteiger partial charge is 0.444 e. The van der Waals surface area contributed by atoms with Gasteiger partial charge in [0.2, 0.25) is 5.91 Å². The summed E-state index contributed by atoms with van der Waals surface area (Å²) < 4.78 is 5.21. The maximum absolute atomic E-state index is 12.0. The highest BCUT2D eigenvalue weighted by Crippen LogP contribution is 2.24. The average Bonchev–Trinajstić information content (AvgIpc) is 2.72. The SMILES string of the molecule is CC(C)(CNC(=O)OC(C)(C)C)CN1CC(CN=[N+]=[N-])CC1=O. The molecule has 1 fully saturated rings. The van der Waals surface area contributed by atoms with Gasteiger partial charge in [-0.2, -0.15) is 0 Å². The van der Waals surface area contributed by atoms with E-state index >= 15 is 0 Å². The molecular weight excluding hydrogens is 298 g/mol. The number of nitrogens with one attached hydrogen (secondary N) is 1. The molecule has 0 aliphatic carbocycles. The van der Waals surface area contributed by atoms with Crippen LogP contribution in [0.4, 0.5) is 4.79 Å². The van der Waals surface area contributed by atoms with Crippen molar-refractivity contribution < 1.29 is 14.3 Å². The van der Waals surface area contributed by atoms with Crippen molar-refractivity contribution in [1.82, 2.24) is 10.2 Å². The molecule has 130 valence electrons. The van der Waals surface area contributed by atoms with Crippen LogP contribution in [0.15, 0.2) is 5.11 Å². The third kappa shape index (κ3) is 7.23. The molecular formula is C15H27N5O3. The number of rotatable bonds is 6. The van der Waals surface area contributed by atoms with Crippen LogP contribution in [-0.4, -0.2) is 48.7 Å². The lowest BCUT2D eigenvalue weighted by molar-refractivity contribution is -0.128. The van der Waals surface area contributed by atoms with E-state index in [1.54, 1.807) is 4.90 Å². The number of carbonyl (C=O) groups is 2. The van der Waals surface area contributed by atoms with Crippen molar-refractivity contribution in [3.05, 3.63) is 10.4 Å². The van der Waals surface area contributed by atoms with Crippen LogP contribution in [-0.2, 0) is 9.53 Å². The molecule has 8 nitrogen and oxygen atoms in total. The van der Waals surface area contributed by atoms with Crippen LogP contribution in [0.2, 0.25) is 0 Å². The number of carbonyl (C=O) groups excluding carboxylic acids is 2. The van der Waals surface area contributed by atoms with Crippen molar-refractivity contribution in [1.29, 1.82) is 0 Å². The van der Waals surface area contributed by atoms with E-state index in [0.29, 0.717) is 32.6 Å². The van der Waals surface area contributed by atoms with Crippen LogP contribution in [0.5, 0.6) is 0 Å². The van der Waals surface area contributed by atoms with Crippen LogP contribution >= 0.6 is 0 Å². The number of azide groups is 1. The molecule has 1 saturated heterocycles. The van der Waals surface area contributed by atoms with E-state index in [1.807, 2.05) is 34.6 Å². The molecule has 0 aromatic heterocycles. The lowest BCUT2D eigenvalue weighted by Gasteiger charge is -2.31. The summed E-state index contributed by atoms with van der Waals surface area (Å²) in [4.78, 5) is 28.3. The minimum absolute atomic E-state index is 0.0634. The third-order valence-corrected chi connectivity index (χ3v) is 3.43. The summed E-state index contributed by atoms with van der Waals surface area (Å²) in [6.07, 6.45) is -0.0474. The Bertz CT molecular complexity index is 492. The van der Waals surface area contributed by atoms with Gasteiger partial charge in [-0.05, 0) is 37.6 Å². The molecule has 1 N–H and O–H groups in total. The molecule has 1 aliphatic rings. The molecule has 0 spiro atoms. The third-order valence-electron chi connectivity index (χ3n) is 3.43. The first-order valence-electron chi connectivity index (χ1n) is 7.78. The second-order valence-electron chi connectivity index (χ2n) is 7.78. The minimum Gasteiger partial charge on any atom is -0.444 e. The molecule has 2 amide bonds. The molecule has 1 heterocycles. The Hall–Kier alpha value is -1.95. The maximum atomic E-state index is 12.0. The van der Waals surface area contributed by atoms with Crippen LogP contribution in [0.1, 0.15) is 41.0 Å². The van der Waals surface area contributed by atoms with E-state index in [1.165, 1.54) is 0 Å². The molecule has 1 atom stereocenters. The van der Waals surface area contributed by atoms with Gasteiger partial charge in [-0.3, -0.25) is 4.79 Å². The monoisotopic (exact) mass is 325 g/mol. The van der Waals surface area contributed by atoms with E-state index in [-0.39, 0.29) is 17.2 Å². The molecule has 1 unspecified atom stereocenters. The van der Waals surface area contributed by atoms with Crippen molar-refractivity contribution in [2.75, 3.05) is 26.2 Å². The standard InChI is InChI=1S/C15H27N5O3/c1-14(2,3)23-13(22)17-9-15(4,5)10-20-8-11(6-12(20)21)7-18-19-16/h11H,6-10H2,1-5H3,(H,17,22). The van der Waals surface area contributed by atoms with E-state index < -0.39 is 11.7 Å². The average molecular weight is 325 g/mol. The van der Waals surface area contributed by atoms with Crippen molar-refractivity contribution in [3.63, 3.8) is 0 Å². The Labute approximate surface area is 137 Å². The summed E-state index contributed by atoms with van der Waals surface area (Å²) in [5.74, 6) is 0.140. The Morgan fingerprint density at radius 3 is 2.65 bits per heavy atom. The number of likely N-dealkylation sites (tertiary alicyclic amines) is 1. The van der Waals surface area contributed by atoms with E-state index in [9.17, 15) is 9.59 Å². The highest BCUT2D eigenvalue weighted by molar-refractivity contribution is 5.78. The molecule has 0 aromatic carbocycles. The Morgan fingerprint density at radius 1 is 1.43 bits per heavy atom. The summed E-state index contributed by atoms with van der Waals surface area (Å²) in [5.41, 5.74) is 7.54. The van der Waals surface area contributed by atoms with Gasteiger partial charge in [0.1, 0.15) is 5.60 Å². The van der Waals surface area contributed by atoms with Gasteiger partial charge >= 0.3 is 6.09 Å². The molecule has 8 heteroatoms. The van der Waals surface area contributed by atoms with Crippen LogP contribution < -0.4 is 5.32 Å². The van der Waals surface area contributed by atoms with Crippen LogP contribution in [0.3, 0.4) is 0 Å². The molecule has 1 aliphatic heterocycles. The summed E-state index contributed by atoms with van der Waals surface area (Å²) >= 11 is 0. The highest BCUT2D eigenvalue weighted by Gasteiger charge is 2.33. The first kappa shape index (κ1) is 19.1. The van der Waals surface area contributed by atoms with Crippen molar-refractivity contribution in [2.45, 2.75) is 46.6 Å². The lowest BCUT2D eigenvalue weighted by atomic mass is 9.93.